The highest BCUT2D eigenvalue weighted by Gasteiger charge is 2.49. The SMILES string of the molecule is CCOC(=O)N1CCC(C2(O)c3ncc(C)cc3CCc3c(Cl)c(C)cc(OC)c32)CC1. The van der Waals surface area contributed by atoms with Crippen LogP contribution in [0.2, 0.25) is 5.02 Å². The molecule has 2 heterocycles. The van der Waals surface area contributed by atoms with Crippen molar-refractivity contribution >= 4 is 17.7 Å². The van der Waals surface area contributed by atoms with Crippen molar-refractivity contribution < 1.29 is 19.4 Å². The van der Waals surface area contributed by atoms with Crippen LogP contribution in [0.3, 0.4) is 0 Å². The van der Waals surface area contributed by atoms with Crippen LogP contribution in [0.15, 0.2) is 18.3 Å². The molecule has 0 radical (unpaired) electrons. The zero-order chi connectivity index (χ0) is 23.0. The minimum absolute atomic E-state index is 0.147. The van der Waals surface area contributed by atoms with E-state index in [1.165, 1.54) is 0 Å². The number of methoxy groups -OCH3 is 1. The Morgan fingerprint density at radius 1 is 1.28 bits per heavy atom. The van der Waals surface area contributed by atoms with Gasteiger partial charge in [0.15, 0.2) is 0 Å². The summed E-state index contributed by atoms with van der Waals surface area (Å²) in [7, 11) is 1.63. The number of amides is 1. The van der Waals surface area contributed by atoms with Crippen LogP contribution in [0, 0.1) is 19.8 Å². The minimum atomic E-state index is -1.36. The van der Waals surface area contributed by atoms with Gasteiger partial charge in [0.1, 0.15) is 11.4 Å². The van der Waals surface area contributed by atoms with E-state index in [2.05, 4.69) is 6.07 Å². The van der Waals surface area contributed by atoms with E-state index in [1.807, 2.05) is 26.1 Å². The van der Waals surface area contributed by atoms with E-state index in [9.17, 15) is 9.90 Å². The molecule has 32 heavy (non-hydrogen) atoms. The van der Waals surface area contributed by atoms with Crippen molar-refractivity contribution in [3.8, 4) is 5.75 Å². The van der Waals surface area contributed by atoms with E-state index in [-0.39, 0.29) is 12.0 Å². The number of aryl methyl sites for hydroxylation is 3. The van der Waals surface area contributed by atoms with Gasteiger partial charge in [-0.15, -0.1) is 0 Å². The topological polar surface area (TPSA) is 71.9 Å². The third-order valence-corrected chi connectivity index (χ3v) is 7.35. The number of hydrogen-bond acceptors (Lipinski definition) is 5. The van der Waals surface area contributed by atoms with Crippen LogP contribution in [0.5, 0.6) is 5.75 Å². The number of ether oxygens (including phenoxy) is 2. The average molecular weight is 459 g/mol. The van der Waals surface area contributed by atoms with Crippen molar-refractivity contribution in [2.75, 3.05) is 26.8 Å². The highest BCUT2D eigenvalue weighted by Crippen LogP contribution is 2.51. The Hall–Kier alpha value is -2.31. The monoisotopic (exact) mass is 458 g/mol. The van der Waals surface area contributed by atoms with E-state index in [0.717, 1.165) is 34.2 Å². The minimum Gasteiger partial charge on any atom is -0.496 e. The lowest BCUT2D eigenvalue weighted by Gasteiger charge is -2.42. The zero-order valence-electron chi connectivity index (χ0n) is 19.2. The summed E-state index contributed by atoms with van der Waals surface area (Å²) in [5.41, 5.74) is 3.98. The maximum Gasteiger partial charge on any atom is 0.409 e. The standard InChI is InChI=1S/C25H31ClN2O4/c1-5-32-24(29)28-10-8-18(9-11-28)25(30)21-19(22(26)16(3)13-20(21)31-4)7-6-17-12-15(2)14-27-23(17)25/h12-14,18,30H,5-11H2,1-4H3. The van der Waals surface area contributed by atoms with E-state index in [0.29, 0.717) is 55.4 Å². The van der Waals surface area contributed by atoms with Gasteiger partial charge in [0.05, 0.1) is 19.4 Å². The summed E-state index contributed by atoms with van der Waals surface area (Å²) in [6, 6.07) is 4.01. The molecule has 0 bridgehead atoms. The van der Waals surface area contributed by atoms with Gasteiger partial charge in [-0.05, 0) is 74.8 Å². The van der Waals surface area contributed by atoms with Crippen LogP contribution in [-0.2, 0) is 23.2 Å². The fraction of sp³-hybridized carbons (Fsp3) is 0.520. The van der Waals surface area contributed by atoms with Gasteiger partial charge in [-0.1, -0.05) is 17.7 Å². The second kappa shape index (κ2) is 8.91. The first-order valence-electron chi connectivity index (χ1n) is 11.3. The van der Waals surface area contributed by atoms with Crippen molar-refractivity contribution in [1.82, 2.24) is 9.88 Å². The molecule has 1 N–H and O–H groups in total. The number of hydrogen-bond donors (Lipinski definition) is 1. The van der Waals surface area contributed by atoms with Crippen molar-refractivity contribution in [1.29, 1.82) is 0 Å². The number of halogens is 1. The first-order valence-corrected chi connectivity index (χ1v) is 11.7. The lowest BCUT2D eigenvalue weighted by Crippen LogP contribution is -2.47. The van der Waals surface area contributed by atoms with E-state index in [4.69, 9.17) is 26.1 Å². The van der Waals surface area contributed by atoms with E-state index < -0.39 is 5.60 Å². The maximum atomic E-state index is 12.6. The smallest absolute Gasteiger partial charge is 0.409 e. The molecule has 2 aliphatic rings. The molecule has 4 rings (SSSR count). The Kier molecular flexibility index (Phi) is 6.37. The third kappa shape index (κ3) is 3.73. The second-order valence-corrected chi connectivity index (χ2v) is 9.19. The zero-order valence-corrected chi connectivity index (χ0v) is 20.0. The number of carbonyl (C=O) groups excluding carboxylic acids is 1. The predicted octanol–water partition coefficient (Wildman–Crippen LogP) is 4.56. The van der Waals surface area contributed by atoms with Crippen LogP contribution in [0.1, 0.15) is 53.3 Å². The van der Waals surface area contributed by atoms with E-state index >= 15 is 0 Å². The predicted molar refractivity (Wildman–Crippen MR) is 123 cm³/mol. The van der Waals surface area contributed by atoms with E-state index in [1.54, 1.807) is 18.9 Å². The fourth-order valence-electron chi connectivity index (χ4n) is 5.28. The van der Waals surface area contributed by atoms with Crippen molar-refractivity contribution in [3.05, 3.63) is 56.9 Å². The van der Waals surface area contributed by atoms with Crippen LogP contribution in [0.4, 0.5) is 4.79 Å². The number of carbonyl (C=O) groups is 1. The van der Waals surface area contributed by atoms with Gasteiger partial charge < -0.3 is 19.5 Å². The first-order chi connectivity index (χ1) is 15.3. The average Bonchev–Trinajstić information content (AvgIpc) is 2.91. The molecule has 0 spiro atoms. The molecule has 172 valence electrons. The Bertz CT molecular complexity index is 1030. The molecule has 1 fully saturated rings. The number of nitrogens with zero attached hydrogens (tertiary/aromatic N) is 2. The van der Waals surface area contributed by atoms with Crippen LogP contribution < -0.4 is 4.74 Å². The summed E-state index contributed by atoms with van der Waals surface area (Å²) in [5.74, 6) is 0.485. The molecule has 1 unspecified atom stereocenters. The van der Waals surface area contributed by atoms with Gasteiger partial charge >= 0.3 is 6.09 Å². The molecule has 1 saturated heterocycles. The molecule has 1 atom stereocenters. The molecule has 7 heteroatoms. The number of pyridine rings is 1. The van der Waals surface area contributed by atoms with Crippen molar-refractivity contribution in [2.24, 2.45) is 5.92 Å². The number of rotatable bonds is 3. The number of benzene rings is 1. The molecule has 0 saturated carbocycles. The third-order valence-electron chi connectivity index (χ3n) is 6.83. The van der Waals surface area contributed by atoms with Gasteiger partial charge in [-0.25, -0.2) is 4.79 Å². The van der Waals surface area contributed by atoms with Crippen molar-refractivity contribution in [3.63, 3.8) is 0 Å². The largest absolute Gasteiger partial charge is 0.496 e. The van der Waals surface area contributed by atoms with Crippen LogP contribution in [0.25, 0.3) is 0 Å². The molecular formula is C25H31ClN2O4. The van der Waals surface area contributed by atoms with Crippen LogP contribution >= 0.6 is 11.6 Å². The first kappa shape index (κ1) is 22.9. The molecule has 1 aliphatic carbocycles. The Morgan fingerprint density at radius 3 is 2.66 bits per heavy atom. The van der Waals surface area contributed by atoms with Gasteiger partial charge in [-0.2, -0.15) is 0 Å². The van der Waals surface area contributed by atoms with Gasteiger partial charge in [-0.3, -0.25) is 4.98 Å². The molecule has 1 aromatic carbocycles. The molecule has 1 aliphatic heterocycles. The Morgan fingerprint density at radius 2 is 2.00 bits per heavy atom. The van der Waals surface area contributed by atoms with Gasteiger partial charge in [0.2, 0.25) is 0 Å². The fourth-order valence-corrected chi connectivity index (χ4v) is 5.52. The quantitative estimate of drug-likeness (QED) is 0.729. The second-order valence-electron chi connectivity index (χ2n) is 8.81. The van der Waals surface area contributed by atoms with Crippen molar-refractivity contribution in [2.45, 2.75) is 52.1 Å². The lowest BCUT2D eigenvalue weighted by molar-refractivity contribution is -0.0192. The summed E-state index contributed by atoms with van der Waals surface area (Å²) in [6.45, 7) is 7.16. The lowest BCUT2D eigenvalue weighted by atomic mass is 9.72. The van der Waals surface area contributed by atoms with Gasteiger partial charge in [0.25, 0.3) is 0 Å². The molecule has 1 aromatic heterocycles. The molecular weight excluding hydrogens is 428 g/mol. The maximum absolute atomic E-state index is 12.6. The molecule has 2 aromatic rings. The molecule has 1 amide bonds. The summed E-state index contributed by atoms with van der Waals surface area (Å²) in [6.07, 6.45) is 4.20. The Balaban J connectivity index is 1.85. The summed E-state index contributed by atoms with van der Waals surface area (Å²) in [5, 5.41) is 13.3. The highest BCUT2D eigenvalue weighted by atomic mass is 35.5. The van der Waals surface area contributed by atoms with Gasteiger partial charge in [0, 0.05) is 35.8 Å². The number of likely N-dealkylation sites (tertiary alicyclic amines) is 1. The highest BCUT2D eigenvalue weighted by molar-refractivity contribution is 6.32. The number of piperidine rings is 1. The summed E-state index contributed by atoms with van der Waals surface area (Å²) < 4.78 is 11.0. The number of aliphatic hydroxyl groups is 1. The number of fused-ring (bicyclic) bond motifs is 2. The summed E-state index contributed by atoms with van der Waals surface area (Å²) in [4.78, 5) is 18.7. The summed E-state index contributed by atoms with van der Waals surface area (Å²) >= 11 is 6.80. The number of aromatic nitrogens is 1. The Labute approximate surface area is 194 Å². The molecule has 6 nitrogen and oxygen atoms in total. The van der Waals surface area contributed by atoms with Crippen LogP contribution in [-0.4, -0.2) is 47.9 Å². The normalized spacial score (nSPS) is 20.9.